The van der Waals surface area contributed by atoms with E-state index in [0.29, 0.717) is 6.04 Å². The Bertz CT molecular complexity index is 415. The van der Waals surface area contributed by atoms with Crippen LogP contribution in [0.25, 0.3) is 0 Å². The first-order valence-electron chi connectivity index (χ1n) is 11.1. The molecule has 0 amide bonds. The molecule has 0 aliphatic carbocycles. The number of rotatable bonds is 16. The van der Waals surface area contributed by atoms with Crippen molar-refractivity contribution in [1.82, 2.24) is 4.57 Å². The van der Waals surface area contributed by atoms with E-state index in [1.165, 1.54) is 89.9 Å². The van der Waals surface area contributed by atoms with Gasteiger partial charge in [-0.2, -0.15) is 0 Å². The maximum atomic E-state index is 2.49. The molecule has 1 atom stereocenters. The third-order valence-corrected chi connectivity index (χ3v) is 5.35. The fourth-order valence-corrected chi connectivity index (χ4v) is 3.72. The van der Waals surface area contributed by atoms with E-state index in [0.717, 1.165) is 0 Å². The summed E-state index contributed by atoms with van der Waals surface area (Å²) in [5, 5.41) is 0. The quantitative estimate of drug-likeness (QED) is 0.209. The molecule has 1 heterocycles. The molecule has 0 fully saturated rings. The Hall–Kier alpha value is -0.980. The van der Waals surface area contributed by atoms with Crippen LogP contribution in [0.15, 0.2) is 36.2 Å². The first kappa shape index (κ1) is 22.1. The molecule has 0 bridgehead atoms. The lowest BCUT2D eigenvalue weighted by Crippen LogP contribution is -2.08. The van der Waals surface area contributed by atoms with Crippen LogP contribution in [0.5, 0.6) is 0 Å². The number of allylic oxidation sites excluding steroid dienone is 2. The number of hydrogen-bond donors (Lipinski definition) is 0. The van der Waals surface area contributed by atoms with Gasteiger partial charge in [-0.1, -0.05) is 96.1 Å². The minimum atomic E-state index is 0.563. The molecule has 144 valence electrons. The van der Waals surface area contributed by atoms with Crippen molar-refractivity contribution in [2.45, 2.75) is 117 Å². The predicted molar refractivity (Wildman–Crippen MR) is 113 cm³/mol. The van der Waals surface area contributed by atoms with Crippen molar-refractivity contribution in [3.8, 4) is 0 Å². The first-order chi connectivity index (χ1) is 12.3. The van der Waals surface area contributed by atoms with Gasteiger partial charge >= 0.3 is 0 Å². The van der Waals surface area contributed by atoms with Crippen molar-refractivity contribution in [1.29, 1.82) is 0 Å². The van der Waals surface area contributed by atoms with E-state index in [-0.39, 0.29) is 0 Å². The molecule has 1 rings (SSSR count). The Kier molecular flexibility index (Phi) is 13.5. The van der Waals surface area contributed by atoms with Crippen molar-refractivity contribution in [2.24, 2.45) is 0 Å². The zero-order valence-electron chi connectivity index (χ0n) is 17.3. The molecule has 0 aliphatic heterocycles. The average molecular weight is 346 g/mol. The maximum absolute atomic E-state index is 2.49. The number of nitrogens with zero attached hydrogens (tertiary/aromatic N) is 1. The smallest absolute Gasteiger partial charge is 0.0537 e. The Morgan fingerprint density at radius 2 is 1.28 bits per heavy atom. The van der Waals surface area contributed by atoms with Gasteiger partial charge in [-0.05, 0) is 38.3 Å². The van der Waals surface area contributed by atoms with Crippen molar-refractivity contribution < 1.29 is 0 Å². The van der Waals surface area contributed by atoms with E-state index in [1.807, 2.05) is 0 Å². The maximum Gasteiger partial charge on any atom is 0.0537 e. The van der Waals surface area contributed by atoms with Gasteiger partial charge in [0.25, 0.3) is 0 Å². The Morgan fingerprint density at radius 3 is 1.80 bits per heavy atom. The lowest BCUT2D eigenvalue weighted by Gasteiger charge is -2.19. The molecule has 0 radical (unpaired) electrons. The average Bonchev–Trinajstić information content (AvgIpc) is 3.14. The summed E-state index contributed by atoms with van der Waals surface area (Å²) in [5.74, 6) is 0. The molecule has 0 aromatic carbocycles. The monoisotopic (exact) mass is 345 g/mol. The van der Waals surface area contributed by atoms with Crippen molar-refractivity contribution in [3.05, 3.63) is 36.2 Å². The summed E-state index contributed by atoms with van der Waals surface area (Å²) in [6.45, 7) is 6.90. The van der Waals surface area contributed by atoms with Gasteiger partial charge in [0.1, 0.15) is 0 Å². The zero-order valence-corrected chi connectivity index (χ0v) is 17.3. The molecule has 0 aliphatic rings. The highest BCUT2D eigenvalue weighted by molar-refractivity contribution is 5.09. The molecule has 0 saturated carbocycles. The summed E-state index contributed by atoms with van der Waals surface area (Å²) >= 11 is 0. The van der Waals surface area contributed by atoms with Gasteiger partial charge in [0.2, 0.25) is 0 Å². The normalized spacial score (nSPS) is 13.3. The summed E-state index contributed by atoms with van der Waals surface area (Å²) in [6.07, 6.45) is 26.3. The van der Waals surface area contributed by atoms with Crippen LogP contribution in [0.4, 0.5) is 0 Å². The fourth-order valence-electron chi connectivity index (χ4n) is 3.72. The lowest BCUT2D eigenvalue weighted by atomic mass is 10.0. The van der Waals surface area contributed by atoms with Gasteiger partial charge in [0.15, 0.2) is 0 Å². The lowest BCUT2D eigenvalue weighted by molar-refractivity contribution is 0.521. The van der Waals surface area contributed by atoms with E-state index in [4.69, 9.17) is 0 Å². The number of unbranched alkanes of at least 4 members (excludes halogenated alkanes) is 11. The molecular formula is C24H43N. The van der Waals surface area contributed by atoms with E-state index < -0.39 is 0 Å². The van der Waals surface area contributed by atoms with Crippen molar-refractivity contribution >= 4 is 0 Å². The molecule has 25 heavy (non-hydrogen) atoms. The molecule has 0 spiro atoms. The van der Waals surface area contributed by atoms with Crippen LogP contribution in [-0.2, 0) is 0 Å². The molecule has 1 heteroatoms. The zero-order chi connectivity index (χ0) is 18.2. The van der Waals surface area contributed by atoms with Gasteiger partial charge in [0.05, 0.1) is 6.04 Å². The Labute approximate surface area is 157 Å². The second kappa shape index (κ2) is 15.3. The van der Waals surface area contributed by atoms with Crippen LogP contribution in [0.1, 0.15) is 117 Å². The highest BCUT2D eigenvalue weighted by Gasteiger charge is 2.10. The largest absolute Gasteiger partial charge is 0.347 e. The predicted octanol–water partition coefficient (Wildman–Crippen LogP) is 8.48. The highest BCUT2D eigenvalue weighted by atomic mass is 15.0. The minimum Gasteiger partial charge on any atom is -0.347 e. The standard InChI is InChI=1S/C24H43N/c1-4-6-7-8-9-10-11-12-13-14-15-16-20-23(3)24(19-5-2)25-21-17-18-22-25/h17-18,20-22,24H,4-16,19H2,1-3H3/b23-20+. The van der Waals surface area contributed by atoms with Crippen LogP contribution in [0.3, 0.4) is 0 Å². The van der Waals surface area contributed by atoms with Gasteiger partial charge in [0, 0.05) is 12.4 Å². The third kappa shape index (κ3) is 10.6. The van der Waals surface area contributed by atoms with Crippen molar-refractivity contribution in [2.75, 3.05) is 0 Å². The minimum absolute atomic E-state index is 0.563. The molecule has 1 aromatic rings. The highest BCUT2D eigenvalue weighted by Crippen LogP contribution is 2.24. The van der Waals surface area contributed by atoms with E-state index in [1.54, 1.807) is 5.57 Å². The van der Waals surface area contributed by atoms with Gasteiger partial charge < -0.3 is 4.57 Å². The van der Waals surface area contributed by atoms with Gasteiger partial charge in [-0.25, -0.2) is 0 Å². The Morgan fingerprint density at radius 1 is 0.760 bits per heavy atom. The van der Waals surface area contributed by atoms with E-state index in [9.17, 15) is 0 Å². The fraction of sp³-hybridized carbons (Fsp3) is 0.750. The van der Waals surface area contributed by atoms with Crippen LogP contribution in [0.2, 0.25) is 0 Å². The number of aromatic nitrogens is 1. The summed E-state index contributed by atoms with van der Waals surface area (Å²) < 4.78 is 2.37. The van der Waals surface area contributed by atoms with E-state index in [2.05, 4.69) is 55.9 Å². The van der Waals surface area contributed by atoms with Crippen LogP contribution >= 0.6 is 0 Å². The molecule has 1 aromatic heterocycles. The van der Waals surface area contributed by atoms with Crippen LogP contribution in [0, 0.1) is 0 Å². The summed E-state index contributed by atoms with van der Waals surface area (Å²) in [7, 11) is 0. The molecule has 1 unspecified atom stereocenters. The summed E-state index contributed by atoms with van der Waals surface area (Å²) in [4.78, 5) is 0. The molecule has 1 nitrogen and oxygen atoms in total. The third-order valence-electron chi connectivity index (χ3n) is 5.35. The SMILES string of the molecule is CCCCCCCCCCCCC/C=C(\C)C(CCC)n1cccc1. The van der Waals surface area contributed by atoms with Crippen LogP contribution < -0.4 is 0 Å². The Balaban J connectivity index is 2.06. The topological polar surface area (TPSA) is 4.93 Å². The number of hydrogen-bond acceptors (Lipinski definition) is 0. The van der Waals surface area contributed by atoms with Gasteiger partial charge in [-0.15, -0.1) is 0 Å². The van der Waals surface area contributed by atoms with E-state index >= 15 is 0 Å². The first-order valence-corrected chi connectivity index (χ1v) is 11.1. The van der Waals surface area contributed by atoms with Crippen molar-refractivity contribution in [3.63, 3.8) is 0 Å². The molecule has 0 saturated heterocycles. The summed E-state index contributed by atoms with van der Waals surface area (Å²) in [6, 6.07) is 4.84. The summed E-state index contributed by atoms with van der Waals surface area (Å²) in [5.41, 5.74) is 1.55. The second-order valence-electron chi connectivity index (χ2n) is 7.71. The molecular weight excluding hydrogens is 302 g/mol. The van der Waals surface area contributed by atoms with Gasteiger partial charge in [-0.3, -0.25) is 0 Å². The second-order valence-corrected chi connectivity index (χ2v) is 7.71. The van der Waals surface area contributed by atoms with Crippen LogP contribution in [-0.4, -0.2) is 4.57 Å². The molecule has 0 N–H and O–H groups in total.